The largest absolute Gasteiger partial charge is 0.497 e. The minimum absolute atomic E-state index is 0.00616. The Labute approximate surface area is 164 Å². The van der Waals surface area contributed by atoms with E-state index in [1.807, 2.05) is 36.4 Å². The summed E-state index contributed by atoms with van der Waals surface area (Å²) in [5.74, 6) is 1.97. The van der Waals surface area contributed by atoms with Crippen molar-refractivity contribution in [3.63, 3.8) is 0 Å². The highest BCUT2D eigenvalue weighted by Gasteiger charge is 2.31. The molecule has 1 unspecified atom stereocenters. The second kappa shape index (κ2) is 9.09. The smallest absolute Gasteiger partial charge is 0.134 e. The number of benzene rings is 2. The van der Waals surface area contributed by atoms with Crippen LogP contribution < -0.4 is 14.8 Å². The van der Waals surface area contributed by atoms with Crippen molar-refractivity contribution in [2.75, 3.05) is 20.4 Å². The van der Waals surface area contributed by atoms with E-state index in [0.717, 1.165) is 29.8 Å². The van der Waals surface area contributed by atoms with Crippen LogP contribution >= 0.6 is 11.6 Å². The Morgan fingerprint density at radius 2 is 1.96 bits per heavy atom. The molecule has 0 spiro atoms. The Morgan fingerprint density at radius 1 is 1.19 bits per heavy atom. The number of halogens is 2. The molecule has 3 rings (SSSR count). The summed E-state index contributed by atoms with van der Waals surface area (Å²) in [4.78, 5) is 4.93. The van der Waals surface area contributed by atoms with Crippen molar-refractivity contribution >= 4 is 17.4 Å². The molecule has 0 aromatic heterocycles. The Morgan fingerprint density at radius 3 is 2.63 bits per heavy atom. The molecule has 0 bridgehead atoms. The molecule has 4 nitrogen and oxygen atoms in total. The first-order valence-electron chi connectivity index (χ1n) is 9.13. The fourth-order valence-electron chi connectivity index (χ4n) is 3.27. The minimum Gasteiger partial charge on any atom is -0.497 e. The number of aliphatic imine (C=N–C) groups is 1. The monoisotopic (exact) mass is 390 g/mol. The summed E-state index contributed by atoms with van der Waals surface area (Å²) in [6.45, 7) is 1.59. The van der Waals surface area contributed by atoms with Crippen LogP contribution in [-0.4, -0.2) is 32.3 Å². The fourth-order valence-corrected chi connectivity index (χ4v) is 3.40. The first-order chi connectivity index (χ1) is 13.2. The maximum Gasteiger partial charge on any atom is 0.134 e. The second-order valence-corrected chi connectivity index (χ2v) is 6.85. The quantitative estimate of drug-likeness (QED) is 0.693. The SMILES string of the molecule is CCCC1NC(c2ccc(OC)cc2OCCF)=N[C@H]1c1ccc(Cl)cc1. The van der Waals surface area contributed by atoms with Crippen LogP contribution in [0.1, 0.15) is 36.9 Å². The van der Waals surface area contributed by atoms with Gasteiger partial charge in [0, 0.05) is 11.1 Å². The third kappa shape index (κ3) is 4.53. The van der Waals surface area contributed by atoms with Gasteiger partial charge in [0.2, 0.25) is 0 Å². The lowest BCUT2D eigenvalue weighted by atomic mass is 9.98. The highest BCUT2D eigenvalue weighted by molar-refractivity contribution is 6.30. The summed E-state index contributed by atoms with van der Waals surface area (Å²) in [7, 11) is 1.59. The molecule has 2 aromatic rings. The number of amidine groups is 1. The first-order valence-corrected chi connectivity index (χ1v) is 9.51. The van der Waals surface area contributed by atoms with Gasteiger partial charge >= 0.3 is 0 Å². The van der Waals surface area contributed by atoms with Crippen LogP contribution in [0.5, 0.6) is 11.5 Å². The molecule has 1 aliphatic rings. The van der Waals surface area contributed by atoms with Crippen LogP contribution in [-0.2, 0) is 0 Å². The van der Waals surface area contributed by atoms with Crippen molar-refractivity contribution in [2.24, 2.45) is 4.99 Å². The lowest BCUT2D eigenvalue weighted by Gasteiger charge is -2.19. The standard InChI is InChI=1S/C21H24ClFN2O2/c1-3-4-18-20(14-5-7-15(22)8-6-14)25-21(24-18)17-10-9-16(26-2)13-19(17)27-12-11-23/h5-10,13,18,20H,3-4,11-12H2,1-2H3,(H,24,25)/t18?,20-/m0/s1. The Hall–Kier alpha value is -2.27. The second-order valence-electron chi connectivity index (χ2n) is 6.41. The summed E-state index contributed by atoms with van der Waals surface area (Å²) in [6.07, 6.45) is 2.02. The molecule has 0 amide bonds. The molecular formula is C21H24ClFN2O2. The van der Waals surface area contributed by atoms with Crippen molar-refractivity contribution in [1.29, 1.82) is 0 Å². The van der Waals surface area contributed by atoms with Gasteiger partial charge in [-0.25, -0.2) is 4.39 Å². The molecule has 0 aliphatic carbocycles. The molecule has 0 saturated heterocycles. The molecule has 0 saturated carbocycles. The van der Waals surface area contributed by atoms with E-state index < -0.39 is 6.67 Å². The molecule has 0 fully saturated rings. The lowest BCUT2D eigenvalue weighted by molar-refractivity contribution is 0.271. The Balaban J connectivity index is 1.95. The maximum atomic E-state index is 12.6. The van der Waals surface area contributed by atoms with E-state index in [9.17, 15) is 4.39 Å². The van der Waals surface area contributed by atoms with Gasteiger partial charge in [0.15, 0.2) is 0 Å². The zero-order valence-electron chi connectivity index (χ0n) is 15.5. The Kier molecular flexibility index (Phi) is 6.56. The molecule has 2 aromatic carbocycles. The van der Waals surface area contributed by atoms with Gasteiger partial charge in [0.1, 0.15) is 30.6 Å². The number of methoxy groups -OCH3 is 1. The van der Waals surface area contributed by atoms with Gasteiger partial charge in [-0.1, -0.05) is 37.1 Å². The third-order valence-electron chi connectivity index (χ3n) is 4.56. The van der Waals surface area contributed by atoms with Gasteiger partial charge in [0.25, 0.3) is 0 Å². The van der Waals surface area contributed by atoms with Crippen molar-refractivity contribution in [1.82, 2.24) is 5.32 Å². The number of nitrogens with one attached hydrogen (secondary N) is 1. The van der Waals surface area contributed by atoms with E-state index in [2.05, 4.69) is 12.2 Å². The first kappa shape index (κ1) is 19.5. The molecule has 6 heteroatoms. The van der Waals surface area contributed by atoms with Gasteiger partial charge in [0.05, 0.1) is 24.8 Å². The summed E-state index contributed by atoms with van der Waals surface area (Å²) in [6, 6.07) is 13.5. The lowest BCUT2D eigenvalue weighted by Crippen LogP contribution is -2.32. The van der Waals surface area contributed by atoms with E-state index in [0.29, 0.717) is 16.5 Å². The highest BCUT2D eigenvalue weighted by Crippen LogP contribution is 2.33. The third-order valence-corrected chi connectivity index (χ3v) is 4.81. The van der Waals surface area contributed by atoms with Crippen molar-refractivity contribution in [3.8, 4) is 11.5 Å². The predicted octanol–water partition coefficient (Wildman–Crippen LogP) is 4.96. The average Bonchev–Trinajstić information content (AvgIpc) is 3.10. The molecule has 2 atom stereocenters. The van der Waals surface area contributed by atoms with E-state index in [1.54, 1.807) is 13.2 Å². The highest BCUT2D eigenvalue weighted by atomic mass is 35.5. The summed E-state index contributed by atoms with van der Waals surface area (Å²) in [5, 5.41) is 4.23. The number of hydrogen-bond acceptors (Lipinski definition) is 4. The van der Waals surface area contributed by atoms with E-state index >= 15 is 0 Å². The number of nitrogens with zero attached hydrogens (tertiary/aromatic N) is 1. The zero-order chi connectivity index (χ0) is 19.2. The number of rotatable bonds is 8. The molecule has 1 aliphatic heterocycles. The van der Waals surface area contributed by atoms with Gasteiger partial charge in [-0.3, -0.25) is 4.99 Å². The molecule has 1 N–H and O–H groups in total. The number of hydrogen-bond donors (Lipinski definition) is 1. The van der Waals surface area contributed by atoms with Gasteiger partial charge in [-0.05, 0) is 36.2 Å². The zero-order valence-corrected chi connectivity index (χ0v) is 16.3. The van der Waals surface area contributed by atoms with Crippen molar-refractivity contribution < 1.29 is 13.9 Å². The predicted molar refractivity (Wildman–Crippen MR) is 107 cm³/mol. The molecule has 0 radical (unpaired) electrons. The minimum atomic E-state index is -0.553. The summed E-state index contributed by atoms with van der Waals surface area (Å²) >= 11 is 6.03. The van der Waals surface area contributed by atoms with Crippen LogP contribution in [0.15, 0.2) is 47.5 Å². The summed E-state index contributed by atoms with van der Waals surface area (Å²) < 4.78 is 23.5. The van der Waals surface area contributed by atoms with Gasteiger partial charge < -0.3 is 14.8 Å². The van der Waals surface area contributed by atoms with Gasteiger partial charge in [-0.2, -0.15) is 0 Å². The van der Waals surface area contributed by atoms with Crippen LogP contribution in [0, 0.1) is 0 Å². The number of alkyl halides is 1. The Bertz CT molecular complexity index is 795. The summed E-state index contributed by atoms with van der Waals surface area (Å²) in [5.41, 5.74) is 1.92. The van der Waals surface area contributed by atoms with Crippen LogP contribution in [0.4, 0.5) is 4.39 Å². The maximum absolute atomic E-state index is 12.6. The normalized spacial score (nSPS) is 18.7. The van der Waals surface area contributed by atoms with Crippen molar-refractivity contribution in [3.05, 3.63) is 58.6 Å². The number of ether oxygens (including phenoxy) is 2. The van der Waals surface area contributed by atoms with Crippen LogP contribution in [0.3, 0.4) is 0 Å². The van der Waals surface area contributed by atoms with E-state index in [1.165, 1.54) is 0 Å². The van der Waals surface area contributed by atoms with E-state index in [4.69, 9.17) is 26.1 Å². The fraction of sp³-hybridized carbons (Fsp3) is 0.381. The molecule has 27 heavy (non-hydrogen) atoms. The van der Waals surface area contributed by atoms with Crippen LogP contribution in [0.25, 0.3) is 0 Å². The van der Waals surface area contributed by atoms with E-state index in [-0.39, 0.29) is 18.7 Å². The topological polar surface area (TPSA) is 42.8 Å². The average molecular weight is 391 g/mol. The molecule has 1 heterocycles. The molecular weight excluding hydrogens is 367 g/mol. The van der Waals surface area contributed by atoms with Gasteiger partial charge in [-0.15, -0.1) is 0 Å². The van der Waals surface area contributed by atoms with Crippen LogP contribution in [0.2, 0.25) is 5.02 Å². The van der Waals surface area contributed by atoms with Crippen molar-refractivity contribution in [2.45, 2.75) is 31.8 Å². The molecule has 144 valence electrons.